The molecule has 0 aromatic carbocycles. The van der Waals surface area contributed by atoms with E-state index in [0.29, 0.717) is 13.2 Å². The minimum atomic E-state index is -0.812. The van der Waals surface area contributed by atoms with Crippen molar-refractivity contribution in [2.45, 2.75) is 25.9 Å². The Kier molecular flexibility index (Phi) is 9.40. The number of methoxy groups -OCH3 is 1. The Morgan fingerprint density at radius 1 is 1.21 bits per heavy atom. The van der Waals surface area contributed by atoms with Crippen LogP contribution in [-0.2, 0) is 23.8 Å². The Labute approximate surface area is 113 Å². The van der Waals surface area contributed by atoms with Gasteiger partial charge in [0.2, 0.25) is 0 Å². The first-order chi connectivity index (χ1) is 9.02. The quantitative estimate of drug-likeness (QED) is 0.363. The highest BCUT2D eigenvalue weighted by atomic mass is 16.6. The van der Waals surface area contributed by atoms with Crippen LogP contribution >= 0.6 is 0 Å². The van der Waals surface area contributed by atoms with E-state index in [1.54, 1.807) is 7.11 Å². The van der Waals surface area contributed by atoms with E-state index in [2.05, 4.69) is 10.2 Å². The van der Waals surface area contributed by atoms with Crippen LogP contribution < -0.4 is 5.32 Å². The first-order valence-corrected chi connectivity index (χ1v) is 5.93. The second-order valence-corrected chi connectivity index (χ2v) is 3.81. The van der Waals surface area contributed by atoms with Crippen molar-refractivity contribution in [1.29, 1.82) is 0 Å². The molecule has 0 fully saturated rings. The monoisotopic (exact) mass is 272 g/mol. The van der Waals surface area contributed by atoms with Gasteiger partial charge in [0.1, 0.15) is 12.6 Å². The smallest absolute Gasteiger partial charge is 0.328 e. The van der Waals surface area contributed by atoms with Crippen molar-refractivity contribution < 1.29 is 23.8 Å². The molecule has 0 heterocycles. The van der Waals surface area contributed by atoms with Gasteiger partial charge in [0.25, 0.3) is 6.04 Å². The minimum absolute atomic E-state index is 0.112. The first kappa shape index (κ1) is 17.4. The van der Waals surface area contributed by atoms with E-state index < -0.39 is 24.0 Å². The Morgan fingerprint density at radius 2 is 1.84 bits per heavy atom. The maximum absolute atomic E-state index is 11.5. The molecular weight excluding hydrogens is 252 g/mol. The number of esters is 1. The molecule has 0 aliphatic carbocycles. The molecule has 1 amide bonds. The maximum Gasteiger partial charge on any atom is 0.328 e. The SMILES string of the molecule is [C-]#[N+][C@H](C)C(=O)N[C@@H](C)C(=O)OCCOCCOC. The summed E-state index contributed by atoms with van der Waals surface area (Å²) in [6.07, 6.45) is 0. The zero-order chi connectivity index (χ0) is 14.7. The van der Waals surface area contributed by atoms with Gasteiger partial charge in [-0.05, 0) is 6.92 Å². The van der Waals surface area contributed by atoms with E-state index in [1.807, 2.05) is 0 Å². The van der Waals surface area contributed by atoms with Crippen LogP contribution in [0.1, 0.15) is 13.8 Å². The van der Waals surface area contributed by atoms with Crippen LogP contribution in [0.25, 0.3) is 4.85 Å². The lowest BCUT2D eigenvalue weighted by atomic mass is 10.3. The number of rotatable bonds is 9. The number of carbonyl (C=O) groups excluding carboxylic acids is 2. The molecule has 7 heteroatoms. The standard InChI is InChI=1S/C12H20N2O5/c1-9(13-3)11(15)14-10(2)12(16)19-8-7-18-6-5-17-4/h9-10H,5-8H2,1-2,4H3,(H,14,15)/t9-,10+/m1/s1. The molecule has 0 bridgehead atoms. The maximum atomic E-state index is 11.5. The van der Waals surface area contributed by atoms with E-state index in [4.69, 9.17) is 20.8 Å². The lowest BCUT2D eigenvalue weighted by molar-refractivity contribution is -0.148. The fourth-order valence-electron chi connectivity index (χ4n) is 1.02. The van der Waals surface area contributed by atoms with Crippen LogP contribution in [0.5, 0.6) is 0 Å². The van der Waals surface area contributed by atoms with Crippen LogP contribution in [0.4, 0.5) is 0 Å². The van der Waals surface area contributed by atoms with Gasteiger partial charge in [-0.3, -0.25) is 4.79 Å². The largest absolute Gasteiger partial charge is 0.462 e. The zero-order valence-corrected chi connectivity index (χ0v) is 11.5. The third-order valence-corrected chi connectivity index (χ3v) is 2.19. The van der Waals surface area contributed by atoms with Gasteiger partial charge in [-0.2, -0.15) is 0 Å². The number of ether oxygens (including phenoxy) is 3. The van der Waals surface area contributed by atoms with Crippen LogP contribution in [-0.4, -0.2) is 57.5 Å². The van der Waals surface area contributed by atoms with Crippen molar-refractivity contribution in [3.8, 4) is 0 Å². The van der Waals surface area contributed by atoms with Gasteiger partial charge in [0.05, 0.1) is 19.8 Å². The van der Waals surface area contributed by atoms with Gasteiger partial charge in [-0.1, -0.05) is 0 Å². The molecule has 0 saturated carbocycles. The summed E-state index contributed by atoms with van der Waals surface area (Å²) in [5.41, 5.74) is 0. The minimum Gasteiger partial charge on any atom is -0.462 e. The van der Waals surface area contributed by atoms with Crippen LogP contribution in [0.15, 0.2) is 0 Å². The van der Waals surface area contributed by atoms with Crippen molar-refractivity contribution in [3.63, 3.8) is 0 Å². The Morgan fingerprint density at radius 3 is 2.42 bits per heavy atom. The van der Waals surface area contributed by atoms with Gasteiger partial charge >= 0.3 is 11.9 Å². The molecule has 0 aliphatic rings. The molecule has 0 saturated heterocycles. The molecule has 0 aromatic rings. The topological polar surface area (TPSA) is 78.2 Å². The fraction of sp³-hybridized carbons (Fsp3) is 0.750. The molecule has 2 atom stereocenters. The number of hydrogen-bond donors (Lipinski definition) is 1. The second kappa shape index (κ2) is 10.3. The highest BCUT2D eigenvalue weighted by Gasteiger charge is 2.23. The Hall–Kier alpha value is -1.65. The fourth-order valence-corrected chi connectivity index (χ4v) is 1.02. The summed E-state index contributed by atoms with van der Waals surface area (Å²) < 4.78 is 14.8. The van der Waals surface area contributed by atoms with Gasteiger partial charge in [0, 0.05) is 14.0 Å². The number of carbonyl (C=O) groups is 2. The lowest BCUT2D eigenvalue weighted by Crippen LogP contribution is -2.43. The summed E-state index contributed by atoms with van der Waals surface area (Å²) in [6, 6.07) is -1.59. The zero-order valence-electron chi connectivity index (χ0n) is 11.5. The number of nitrogens with zero attached hydrogens (tertiary/aromatic N) is 1. The van der Waals surface area contributed by atoms with E-state index in [0.717, 1.165) is 0 Å². The molecule has 0 aromatic heterocycles. The molecule has 1 N–H and O–H groups in total. The van der Waals surface area contributed by atoms with Gasteiger partial charge < -0.3 is 24.4 Å². The summed E-state index contributed by atoms with van der Waals surface area (Å²) in [5, 5.41) is 2.40. The summed E-state index contributed by atoms with van der Waals surface area (Å²) in [4.78, 5) is 25.9. The number of hydrogen-bond acceptors (Lipinski definition) is 5. The Bertz CT molecular complexity index is 327. The van der Waals surface area contributed by atoms with Crippen molar-refractivity contribution in [2.75, 3.05) is 33.5 Å². The third-order valence-electron chi connectivity index (χ3n) is 2.19. The van der Waals surface area contributed by atoms with Crippen LogP contribution in [0, 0.1) is 6.57 Å². The summed E-state index contributed by atoms with van der Waals surface area (Å²) in [6.45, 7) is 11.0. The molecular formula is C12H20N2O5. The second-order valence-electron chi connectivity index (χ2n) is 3.81. The molecule has 108 valence electrons. The molecule has 7 nitrogen and oxygen atoms in total. The summed E-state index contributed by atoms with van der Waals surface area (Å²) >= 11 is 0. The molecule has 0 rings (SSSR count). The highest BCUT2D eigenvalue weighted by Crippen LogP contribution is 1.93. The highest BCUT2D eigenvalue weighted by molar-refractivity contribution is 5.88. The predicted octanol–water partition coefficient (Wildman–Crippen LogP) is 0.00509. The number of amides is 1. The van der Waals surface area contributed by atoms with Crippen LogP contribution in [0.3, 0.4) is 0 Å². The average Bonchev–Trinajstić information content (AvgIpc) is 2.41. The van der Waals surface area contributed by atoms with E-state index >= 15 is 0 Å². The first-order valence-electron chi connectivity index (χ1n) is 5.93. The van der Waals surface area contributed by atoms with E-state index in [9.17, 15) is 9.59 Å². The molecule has 0 radical (unpaired) electrons. The summed E-state index contributed by atoms with van der Waals surface area (Å²) in [7, 11) is 1.57. The molecule has 19 heavy (non-hydrogen) atoms. The van der Waals surface area contributed by atoms with Gasteiger partial charge in [0.15, 0.2) is 0 Å². The van der Waals surface area contributed by atoms with Crippen molar-refractivity contribution in [3.05, 3.63) is 11.4 Å². The van der Waals surface area contributed by atoms with Crippen molar-refractivity contribution in [1.82, 2.24) is 5.32 Å². The lowest BCUT2D eigenvalue weighted by Gasteiger charge is -2.13. The van der Waals surface area contributed by atoms with Crippen molar-refractivity contribution in [2.24, 2.45) is 0 Å². The summed E-state index contributed by atoms with van der Waals surface area (Å²) in [5.74, 6) is -1.04. The molecule has 0 aliphatic heterocycles. The van der Waals surface area contributed by atoms with E-state index in [1.165, 1.54) is 13.8 Å². The molecule has 0 spiro atoms. The van der Waals surface area contributed by atoms with Crippen molar-refractivity contribution >= 4 is 11.9 Å². The van der Waals surface area contributed by atoms with Gasteiger partial charge in [-0.25, -0.2) is 11.4 Å². The van der Waals surface area contributed by atoms with Crippen LogP contribution in [0.2, 0.25) is 0 Å². The number of nitrogens with one attached hydrogen (secondary N) is 1. The van der Waals surface area contributed by atoms with E-state index in [-0.39, 0.29) is 13.2 Å². The Balaban J connectivity index is 3.77. The predicted molar refractivity (Wildman–Crippen MR) is 67.3 cm³/mol. The molecule has 0 unspecified atom stereocenters. The normalized spacial score (nSPS) is 13.2. The third kappa shape index (κ3) is 8.13. The average molecular weight is 272 g/mol. The van der Waals surface area contributed by atoms with Gasteiger partial charge in [-0.15, -0.1) is 0 Å².